The SMILES string of the molecule is Cc1ccc(O)cc1C(=O)N1CCCCC(N(C)C)C1.O=CO. The molecule has 1 aliphatic heterocycles. The van der Waals surface area contributed by atoms with E-state index in [1.54, 1.807) is 18.2 Å². The zero-order valence-electron chi connectivity index (χ0n) is 14.0. The van der Waals surface area contributed by atoms with Crippen LogP contribution in [0.25, 0.3) is 0 Å². The fraction of sp³-hybridized carbons (Fsp3) is 0.529. The molecule has 1 aromatic carbocycles. The van der Waals surface area contributed by atoms with E-state index in [0.717, 1.165) is 37.9 Å². The van der Waals surface area contributed by atoms with E-state index in [2.05, 4.69) is 19.0 Å². The van der Waals surface area contributed by atoms with E-state index in [1.165, 1.54) is 0 Å². The van der Waals surface area contributed by atoms with Crippen molar-refractivity contribution < 1.29 is 19.8 Å². The van der Waals surface area contributed by atoms with Gasteiger partial charge in [-0.25, -0.2) is 0 Å². The summed E-state index contributed by atoms with van der Waals surface area (Å²) in [6, 6.07) is 5.41. The average molecular weight is 322 g/mol. The highest BCUT2D eigenvalue weighted by Gasteiger charge is 2.25. The number of amides is 1. The summed E-state index contributed by atoms with van der Waals surface area (Å²) in [6.07, 6.45) is 3.34. The molecule has 1 saturated heterocycles. The van der Waals surface area contributed by atoms with Crippen LogP contribution in [0, 0.1) is 6.92 Å². The predicted molar refractivity (Wildman–Crippen MR) is 88.8 cm³/mol. The van der Waals surface area contributed by atoms with Gasteiger partial charge in [-0.2, -0.15) is 0 Å². The standard InChI is InChI=1S/C16H24N2O2.CH2O2/c1-12-7-8-14(19)10-15(12)16(20)18-9-5-4-6-13(11-18)17(2)3;2-1-3/h7-8,10,13,19H,4-6,9,11H2,1-3H3;1H,(H,2,3). The van der Waals surface area contributed by atoms with Gasteiger partial charge in [-0.3, -0.25) is 9.59 Å². The first-order valence-electron chi connectivity index (χ1n) is 7.73. The molecule has 1 heterocycles. The Morgan fingerprint density at radius 2 is 2.00 bits per heavy atom. The van der Waals surface area contributed by atoms with Crippen molar-refractivity contribution in [2.75, 3.05) is 27.2 Å². The highest BCUT2D eigenvalue weighted by molar-refractivity contribution is 5.96. The quantitative estimate of drug-likeness (QED) is 0.814. The van der Waals surface area contributed by atoms with Gasteiger partial charge in [-0.15, -0.1) is 0 Å². The van der Waals surface area contributed by atoms with Gasteiger partial charge in [0.2, 0.25) is 0 Å². The maximum atomic E-state index is 12.7. The van der Waals surface area contributed by atoms with Crippen LogP contribution in [0.1, 0.15) is 35.2 Å². The summed E-state index contributed by atoms with van der Waals surface area (Å²) in [5.74, 6) is 0.185. The third kappa shape index (κ3) is 5.56. The molecule has 0 aromatic heterocycles. The zero-order chi connectivity index (χ0) is 17.4. The summed E-state index contributed by atoms with van der Waals surface area (Å²) in [6.45, 7) is 3.23. The van der Waals surface area contributed by atoms with Crippen LogP contribution in [0.4, 0.5) is 0 Å². The fourth-order valence-corrected chi connectivity index (χ4v) is 2.74. The Labute approximate surface area is 137 Å². The molecule has 1 amide bonds. The molecule has 23 heavy (non-hydrogen) atoms. The summed E-state index contributed by atoms with van der Waals surface area (Å²) in [4.78, 5) is 25.2. The van der Waals surface area contributed by atoms with Crippen LogP contribution in [-0.2, 0) is 4.79 Å². The maximum absolute atomic E-state index is 12.7. The number of benzene rings is 1. The van der Waals surface area contributed by atoms with Crippen molar-refractivity contribution in [1.29, 1.82) is 0 Å². The number of phenols is 1. The van der Waals surface area contributed by atoms with Crippen LogP contribution < -0.4 is 0 Å². The molecule has 0 radical (unpaired) electrons. The first kappa shape index (κ1) is 19.0. The van der Waals surface area contributed by atoms with E-state index >= 15 is 0 Å². The van der Waals surface area contributed by atoms with Gasteiger partial charge in [0.05, 0.1) is 0 Å². The maximum Gasteiger partial charge on any atom is 0.290 e. The number of hydrogen-bond donors (Lipinski definition) is 2. The second-order valence-electron chi connectivity index (χ2n) is 5.97. The van der Waals surface area contributed by atoms with E-state index in [0.29, 0.717) is 11.6 Å². The summed E-state index contributed by atoms with van der Waals surface area (Å²) in [5, 5.41) is 16.5. The topological polar surface area (TPSA) is 81.1 Å². The Morgan fingerprint density at radius 1 is 1.35 bits per heavy atom. The minimum Gasteiger partial charge on any atom is -0.508 e. The van der Waals surface area contributed by atoms with Crippen LogP contribution in [-0.4, -0.2) is 65.6 Å². The fourth-order valence-electron chi connectivity index (χ4n) is 2.74. The second-order valence-corrected chi connectivity index (χ2v) is 5.97. The van der Waals surface area contributed by atoms with Gasteiger partial charge in [0.15, 0.2) is 0 Å². The molecule has 1 aromatic rings. The van der Waals surface area contributed by atoms with Crippen molar-refractivity contribution in [3.8, 4) is 5.75 Å². The molecule has 0 bridgehead atoms. The van der Waals surface area contributed by atoms with Gasteiger partial charge < -0.3 is 20.0 Å². The molecule has 0 saturated carbocycles. The molecule has 1 unspecified atom stereocenters. The number of carbonyl (C=O) groups is 2. The van der Waals surface area contributed by atoms with Crippen LogP contribution in [0.2, 0.25) is 0 Å². The number of likely N-dealkylation sites (N-methyl/N-ethyl adjacent to an activating group) is 1. The van der Waals surface area contributed by atoms with Gasteiger partial charge in [-0.05, 0) is 51.6 Å². The number of phenolic OH excluding ortho intramolecular Hbond substituents is 1. The van der Waals surface area contributed by atoms with Crippen molar-refractivity contribution in [1.82, 2.24) is 9.80 Å². The van der Waals surface area contributed by atoms with E-state index in [9.17, 15) is 9.90 Å². The van der Waals surface area contributed by atoms with Gasteiger partial charge in [0.1, 0.15) is 5.75 Å². The van der Waals surface area contributed by atoms with E-state index in [-0.39, 0.29) is 18.1 Å². The number of rotatable bonds is 2. The lowest BCUT2D eigenvalue weighted by Crippen LogP contribution is -2.42. The monoisotopic (exact) mass is 322 g/mol. The normalized spacial score (nSPS) is 17.9. The Morgan fingerprint density at radius 3 is 2.61 bits per heavy atom. The number of likely N-dealkylation sites (tertiary alicyclic amines) is 1. The van der Waals surface area contributed by atoms with Crippen LogP contribution in [0.5, 0.6) is 5.75 Å². The molecule has 6 heteroatoms. The minimum absolute atomic E-state index is 0.0344. The van der Waals surface area contributed by atoms with E-state index in [4.69, 9.17) is 9.90 Å². The lowest BCUT2D eigenvalue weighted by molar-refractivity contribution is -0.122. The van der Waals surface area contributed by atoms with Gasteiger partial charge in [-0.1, -0.05) is 12.5 Å². The molecule has 1 fully saturated rings. The van der Waals surface area contributed by atoms with Crippen molar-refractivity contribution >= 4 is 12.4 Å². The van der Waals surface area contributed by atoms with Crippen molar-refractivity contribution in [3.63, 3.8) is 0 Å². The van der Waals surface area contributed by atoms with Crippen LogP contribution >= 0.6 is 0 Å². The largest absolute Gasteiger partial charge is 0.508 e. The first-order chi connectivity index (χ1) is 10.9. The van der Waals surface area contributed by atoms with Crippen molar-refractivity contribution in [2.24, 2.45) is 0 Å². The number of carbonyl (C=O) groups excluding carboxylic acids is 1. The Balaban J connectivity index is 0.000000816. The molecule has 2 N–H and O–H groups in total. The summed E-state index contributed by atoms with van der Waals surface area (Å²) < 4.78 is 0. The van der Waals surface area contributed by atoms with Crippen LogP contribution in [0.3, 0.4) is 0 Å². The van der Waals surface area contributed by atoms with Crippen molar-refractivity contribution in [2.45, 2.75) is 32.2 Å². The third-order valence-electron chi connectivity index (χ3n) is 4.12. The molecule has 0 spiro atoms. The zero-order valence-corrected chi connectivity index (χ0v) is 14.0. The smallest absolute Gasteiger partial charge is 0.290 e. The molecule has 2 rings (SSSR count). The number of hydrogen-bond acceptors (Lipinski definition) is 4. The lowest BCUT2D eigenvalue weighted by Gasteiger charge is -2.29. The Hall–Kier alpha value is -2.08. The molecule has 0 aliphatic carbocycles. The highest BCUT2D eigenvalue weighted by Crippen LogP contribution is 2.21. The molecular formula is C17H26N2O4. The molecular weight excluding hydrogens is 296 g/mol. The summed E-state index contributed by atoms with van der Waals surface area (Å²) in [5.41, 5.74) is 1.53. The average Bonchev–Trinajstić information content (AvgIpc) is 2.76. The highest BCUT2D eigenvalue weighted by atomic mass is 16.3. The first-order valence-corrected chi connectivity index (χ1v) is 7.73. The number of aromatic hydroxyl groups is 1. The second kappa shape index (κ2) is 9.15. The summed E-state index contributed by atoms with van der Waals surface area (Å²) in [7, 11) is 4.14. The van der Waals surface area contributed by atoms with E-state index in [1.807, 2.05) is 11.8 Å². The molecule has 6 nitrogen and oxygen atoms in total. The van der Waals surface area contributed by atoms with Crippen LogP contribution in [0.15, 0.2) is 18.2 Å². The van der Waals surface area contributed by atoms with Gasteiger partial charge >= 0.3 is 0 Å². The predicted octanol–water partition coefficient (Wildman–Crippen LogP) is 1.96. The lowest BCUT2D eigenvalue weighted by atomic mass is 10.1. The Bertz CT molecular complexity index is 531. The minimum atomic E-state index is -0.250. The van der Waals surface area contributed by atoms with Gasteiger partial charge in [0.25, 0.3) is 12.4 Å². The van der Waals surface area contributed by atoms with E-state index < -0.39 is 0 Å². The third-order valence-corrected chi connectivity index (χ3v) is 4.12. The number of aryl methyl sites for hydroxylation is 1. The summed E-state index contributed by atoms with van der Waals surface area (Å²) >= 11 is 0. The molecule has 1 aliphatic rings. The van der Waals surface area contributed by atoms with Crippen molar-refractivity contribution in [3.05, 3.63) is 29.3 Å². The number of carboxylic acid groups (broad SMARTS) is 1. The molecule has 1 atom stereocenters. The Kier molecular flexibility index (Phi) is 7.54. The number of nitrogens with zero attached hydrogens (tertiary/aromatic N) is 2. The van der Waals surface area contributed by atoms with Gasteiger partial charge in [0, 0.05) is 24.7 Å². The molecule has 128 valence electrons.